The van der Waals surface area contributed by atoms with Gasteiger partial charge in [0.25, 0.3) is 15.9 Å². The zero-order chi connectivity index (χ0) is 18.7. The van der Waals surface area contributed by atoms with Crippen molar-refractivity contribution >= 4 is 38.7 Å². The molecule has 2 heterocycles. The van der Waals surface area contributed by atoms with Gasteiger partial charge < -0.3 is 4.90 Å². The number of ketones is 1. The van der Waals surface area contributed by atoms with Crippen LogP contribution in [0.4, 0.5) is 5.69 Å². The van der Waals surface area contributed by atoms with Crippen LogP contribution in [-0.2, 0) is 10.0 Å². The van der Waals surface area contributed by atoms with Crippen molar-refractivity contribution in [2.45, 2.75) is 30.4 Å². The van der Waals surface area contributed by atoms with Crippen LogP contribution in [0.3, 0.4) is 0 Å². The minimum Gasteiger partial charge on any atom is -0.339 e. The van der Waals surface area contributed by atoms with Crippen molar-refractivity contribution in [3.8, 4) is 0 Å². The average Bonchev–Trinajstić information content (AvgIpc) is 3.13. The number of carbonyl (C=O) groups excluding carboxylic acids is 2. The molecule has 138 valence electrons. The van der Waals surface area contributed by atoms with Gasteiger partial charge in [0.2, 0.25) is 0 Å². The first-order valence-corrected chi connectivity index (χ1v) is 10.7. The summed E-state index contributed by atoms with van der Waals surface area (Å²) < 4.78 is 27.7. The van der Waals surface area contributed by atoms with Gasteiger partial charge in [-0.15, -0.1) is 11.3 Å². The van der Waals surface area contributed by atoms with Gasteiger partial charge in [0.15, 0.2) is 5.78 Å². The van der Waals surface area contributed by atoms with Crippen molar-refractivity contribution in [2.24, 2.45) is 0 Å². The van der Waals surface area contributed by atoms with Gasteiger partial charge in [0, 0.05) is 29.7 Å². The highest BCUT2D eigenvalue weighted by Gasteiger charge is 2.23. The number of hydrogen-bond acceptors (Lipinski definition) is 5. The molecule has 1 aliphatic heterocycles. The smallest absolute Gasteiger partial charge is 0.271 e. The minimum absolute atomic E-state index is 0.0751. The SMILES string of the molecule is CC(=O)c1cccc(NS(=O)(=O)c2cc(C(=O)N3CCCCC3)cs2)c1. The number of benzene rings is 1. The van der Waals surface area contributed by atoms with E-state index in [1.165, 1.54) is 19.1 Å². The number of carbonyl (C=O) groups is 2. The van der Waals surface area contributed by atoms with E-state index < -0.39 is 10.0 Å². The molecule has 1 aromatic carbocycles. The van der Waals surface area contributed by atoms with Crippen molar-refractivity contribution in [1.29, 1.82) is 0 Å². The molecule has 0 radical (unpaired) electrons. The highest BCUT2D eigenvalue weighted by Crippen LogP contribution is 2.25. The molecule has 1 N–H and O–H groups in total. The molecule has 1 saturated heterocycles. The van der Waals surface area contributed by atoms with E-state index in [-0.39, 0.29) is 15.9 Å². The van der Waals surface area contributed by atoms with Crippen LogP contribution < -0.4 is 4.72 Å². The Balaban J connectivity index is 1.78. The summed E-state index contributed by atoms with van der Waals surface area (Å²) in [7, 11) is -3.81. The van der Waals surface area contributed by atoms with Crippen LogP contribution >= 0.6 is 11.3 Å². The maximum atomic E-state index is 12.6. The summed E-state index contributed by atoms with van der Waals surface area (Å²) in [6.45, 7) is 2.85. The molecule has 8 heteroatoms. The Hall–Kier alpha value is -2.19. The summed E-state index contributed by atoms with van der Waals surface area (Å²) in [6.07, 6.45) is 3.08. The molecule has 0 aliphatic carbocycles. The molecule has 0 unspecified atom stereocenters. The fourth-order valence-corrected chi connectivity index (χ4v) is 5.06. The molecular formula is C18H20N2O4S2. The van der Waals surface area contributed by atoms with E-state index in [4.69, 9.17) is 0 Å². The van der Waals surface area contributed by atoms with E-state index in [2.05, 4.69) is 4.72 Å². The van der Waals surface area contributed by atoms with E-state index >= 15 is 0 Å². The molecule has 0 atom stereocenters. The van der Waals surface area contributed by atoms with E-state index in [0.717, 1.165) is 30.6 Å². The zero-order valence-corrected chi connectivity index (χ0v) is 16.0. The molecule has 3 rings (SSSR count). The van der Waals surface area contributed by atoms with Crippen LogP contribution in [0.15, 0.2) is 39.9 Å². The maximum Gasteiger partial charge on any atom is 0.271 e. The number of thiophene rings is 1. The predicted octanol–water partition coefficient (Wildman–Crippen LogP) is 3.38. The second kappa shape index (κ2) is 7.59. The maximum absolute atomic E-state index is 12.6. The van der Waals surface area contributed by atoms with E-state index in [1.807, 2.05) is 0 Å². The number of nitrogens with one attached hydrogen (secondary N) is 1. The molecule has 2 aromatic rings. The van der Waals surface area contributed by atoms with Crippen LogP contribution in [0.25, 0.3) is 0 Å². The number of likely N-dealkylation sites (tertiary alicyclic amines) is 1. The van der Waals surface area contributed by atoms with Crippen molar-refractivity contribution in [1.82, 2.24) is 4.90 Å². The second-order valence-corrected chi connectivity index (χ2v) is 9.07. The van der Waals surface area contributed by atoms with Crippen molar-refractivity contribution < 1.29 is 18.0 Å². The van der Waals surface area contributed by atoms with Crippen molar-refractivity contribution in [3.63, 3.8) is 0 Å². The standard InChI is InChI=1S/C18H20N2O4S2/c1-13(21)14-6-5-7-16(10-14)19-26(23,24)17-11-15(12-25-17)18(22)20-8-3-2-4-9-20/h5-7,10-12,19H,2-4,8-9H2,1H3. The van der Waals surface area contributed by atoms with Crippen LogP contribution in [0, 0.1) is 0 Å². The quantitative estimate of drug-likeness (QED) is 0.791. The zero-order valence-electron chi connectivity index (χ0n) is 14.4. The Bertz CT molecular complexity index is 928. The van der Waals surface area contributed by atoms with Gasteiger partial charge in [-0.05, 0) is 44.4 Å². The summed E-state index contributed by atoms with van der Waals surface area (Å²) >= 11 is 1.01. The Morgan fingerprint density at radius 3 is 2.50 bits per heavy atom. The summed E-state index contributed by atoms with van der Waals surface area (Å²) in [5, 5.41) is 1.58. The summed E-state index contributed by atoms with van der Waals surface area (Å²) in [5.74, 6) is -0.266. The first-order chi connectivity index (χ1) is 12.4. The van der Waals surface area contributed by atoms with Gasteiger partial charge in [-0.25, -0.2) is 8.42 Å². The first kappa shape index (κ1) is 18.6. The third kappa shape index (κ3) is 4.13. The lowest BCUT2D eigenvalue weighted by Crippen LogP contribution is -2.35. The Labute approximate surface area is 156 Å². The third-order valence-corrected chi connectivity index (χ3v) is 7.07. The lowest BCUT2D eigenvalue weighted by Gasteiger charge is -2.26. The van der Waals surface area contributed by atoms with Crippen LogP contribution in [0.5, 0.6) is 0 Å². The fourth-order valence-electron chi connectivity index (χ4n) is 2.86. The second-order valence-electron chi connectivity index (χ2n) is 6.25. The topological polar surface area (TPSA) is 83.5 Å². The van der Waals surface area contributed by atoms with Gasteiger partial charge >= 0.3 is 0 Å². The van der Waals surface area contributed by atoms with Crippen LogP contribution in [0.2, 0.25) is 0 Å². The molecule has 1 fully saturated rings. The number of rotatable bonds is 5. The Morgan fingerprint density at radius 1 is 1.08 bits per heavy atom. The largest absolute Gasteiger partial charge is 0.339 e. The fraction of sp³-hybridized carbons (Fsp3) is 0.333. The Kier molecular flexibility index (Phi) is 5.43. The lowest BCUT2D eigenvalue weighted by atomic mass is 10.1. The monoisotopic (exact) mass is 392 g/mol. The molecule has 1 aliphatic rings. The number of piperidine rings is 1. The van der Waals surface area contributed by atoms with Gasteiger partial charge in [-0.1, -0.05) is 12.1 Å². The van der Waals surface area contributed by atoms with Crippen molar-refractivity contribution in [3.05, 3.63) is 46.8 Å². The van der Waals surface area contributed by atoms with Gasteiger partial charge in [-0.2, -0.15) is 0 Å². The normalized spacial score (nSPS) is 14.9. The van der Waals surface area contributed by atoms with Crippen molar-refractivity contribution in [2.75, 3.05) is 17.8 Å². The minimum atomic E-state index is -3.81. The number of anilines is 1. The van der Waals surface area contributed by atoms with Crippen LogP contribution in [0.1, 0.15) is 46.9 Å². The molecule has 1 amide bonds. The number of sulfonamides is 1. The number of hydrogen-bond donors (Lipinski definition) is 1. The lowest BCUT2D eigenvalue weighted by molar-refractivity contribution is 0.0724. The predicted molar refractivity (Wildman–Crippen MR) is 101 cm³/mol. The average molecular weight is 393 g/mol. The molecule has 1 aromatic heterocycles. The molecule has 6 nitrogen and oxygen atoms in total. The number of nitrogens with zero attached hydrogens (tertiary/aromatic N) is 1. The summed E-state index contributed by atoms with van der Waals surface area (Å²) in [6, 6.07) is 7.73. The summed E-state index contributed by atoms with van der Waals surface area (Å²) in [4.78, 5) is 25.7. The summed E-state index contributed by atoms with van der Waals surface area (Å²) in [5.41, 5.74) is 1.14. The van der Waals surface area contributed by atoms with E-state index in [1.54, 1.807) is 28.5 Å². The number of amides is 1. The van der Waals surface area contributed by atoms with Gasteiger partial charge in [0.1, 0.15) is 4.21 Å². The molecule has 0 bridgehead atoms. The highest BCUT2D eigenvalue weighted by atomic mass is 32.2. The van der Waals surface area contributed by atoms with Gasteiger partial charge in [-0.3, -0.25) is 14.3 Å². The molecule has 26 heavy (non-hydrogen) atoms. The third-order valence-electron chi connectivity index (χ3n) is 4.25. The molecule has 0 saturated carbocycles. The van der Waals surface area contributed by atoms with E-state index in [9.17, 15) is 18.0 Å². The van der Waals surface area contributed by atoms with Gasteiger partial charge in [0.05, 0.1) is 5.56 Å². The van der Waals surface area contributed by atoms with E-state index in [0.29, 0.717) is 29.9 Å². The highest BCUT2D eigenvalue weighted by molar-refractivity contribution is 7.94. The molecule has 0 spiro atoms. The number of Topliss-reactive ketones (excluding diaryl/α,β-unsaturated/α-hetero) is 1. The Morgan fingerprint density at radius 2 is 1.81 bits per heavy atom. The van der Waals surface area contributed by atoms with Crippen LogP contribution in [-0.4, -0.2) is 38.1 Å². The first-order valence-electron chi connectivity index (χ1n) is 8.38. The molecular weight excluding hydrogens is 372 g/mol.